The predicted molar refractivity (Wildman–Crippen MR) is 121 cm³/mol. The zero-order valence-corrected chi connectivity index (χ0v) is 18.6. The highest BCUT2D eigenvalue weighted by Crippen LogP contribution is 2.60. The van der Waals surface area contributed by atoms with Gasteiger partial charge in [-0.15, -0.1) is 0 Å². The summed E-state index contributed by atoms with van der Waals surface area (Å²) in [7, 11) is 0. The molecule has 2 aromatic rings. The summed E-state index contributed by atoms with van der Waals surface area (Å²) in [6.07, 6.45) is 10.0. The molecule has 168 valence electrons. The minimum Gasteiger partial charge on any atom is -0.489 e. The third kappa shape index (κ3) is 4.23. The van der Waals surface area contributed by atoms with Gasteiger partial charge < -0.3 is 14.8 Å². The monoisotopic (exact) mass is 434 g/mol. The van der Waals surface area contributed by atoms with Gasteiger partial charge in [-0.05, 0) is 37.1 Å². The maximum Gasteiger partial charge on any atom is 0.225 e. The minimum absolute atomic E-state index is 0.0156. The molecule has 1 aromatic heterocycles. The molecular formula is C26H30N2O4. The summed E-state index contributed by atoms with van der Waals surface area (Å²) in [5.41, 5.74) is 2.07. The Morgan fingerprint density at radius 2 is 2.06 bits per heavy atom. The van der Waals surface area contributed by atoms with Gasteiger partial charge in [-0.1, -0.05) is 32.6 Å². The first-order chi connectivity index (χ1) is 15.6. The molecule has 2 aliphatic heterocycles. The van der Waals surface area contributed by atoms with E-state index >= 15 is 0 Å². The number of carbonyl (C=O) groups excluding carboxylic acids is 2. The summed E-state index contributed by atoms with van der Waals surface area (Å²) in [5, 5.41) is 2.81. The fraction of sp³-hybridized carbons (Fsp3) is 0.500. The van der Waals surface area contributed by atoms with Gasteiger partial charge in [-0.3, -0.25) is 9.59 Å². The first kappa shape index (κ1) is 21.0. The third-order valence-corrected chi connectivity index (χ3v) is 6.82. The average molecular weight is 435 g/mol. The van der Waals surface area contributed by atoms with Crippen LogP contribution in [-0.2, 0) is 16.0 Å². The number of hydrogen-bond donors (Lipinski definition) is 1. The average Bonchev–Trinajstić information content (AvgIpc) is 3.30. The number of fused-ring (bicyclic) bond motifs is 4. The van der Waals surface area contributed by atoms with Gasteiger partial charge in [0.2, 0.25) is 5.91 Å². The summed E-state index contributed by atoms with van der Waals surface area (Å²) in [6.45, 7) is 2.20. The first-order valence-electron chi connectivity index (χ1n) is 11.9. The number of rotatable bonds is 10. The summed E-state index contributed by atoms with van der Waals surface area (Å²) in [6, 6.07) is 7.75. The Labute approximate surface area is 188 Å². The maximum atomic E-state index is 12.4. The van der Waals surface area contributed by atoms with Gasteiger partial charge in [0, 0.05) is 48.4 Å². The van der Waals surface area contributed by atoms with E-state index in [1.165, 1.54) is 19.3 Å². The quantitative estimate of drug-likeness (QED) is 0.496. The smallest absolute Gasteiger partial charge is 0.225 e. The summed E-state index contributed by atoms with van der Waals surface area (Å²) in [5.74, 6) is 3.88. The second kappa shape index (κ2) is 8.93. The van der Waals surface area contributed by atoms with Gasteiger partial charge in [-0.25, -0.2) is 4.98 Å². The van der Waals surface area contributed by atoms with Gasteiger partial charge in [0.05, 0.1) is 0 Å². The van der Waals surface area contributed by atoms with E-state index in [1.54, 1.807) is 6.20 Å². The zero-order valence-electron chi connectivity index (χ0n) is 18.6. The number of anilines is 1. The van der Waals surface area contributed by atoms with E-state index in [0.717, 1.165) is 41.2 Å². The highest BCUT2D eigenvalue weighted by Gasteiger charge is 2.58. The Balaban J connectivity index is 1.21. The number of aromatic nitrogens is 1. The van der Waals surface area contributed by atoms with Crippen LogP contribution in [0.1, 0.15) is 75.3 Å². The number of hydrogen-bond acceptors (Lipinski definition) is 5. The lowest BCUT2D eigenvalue weighted by Crippen LogP contribution is -2.20. The van der Waals surface area contributed by atoms with Crippen LogP contribution in [0, 0.1) is 5.92 Å². The number of nitrogens with one attached hydrogen (secondary N) is 1. The fourth-order valence-corrected chi connectivity index (χ4v) is 5.03. The molecule has 32 heavy (non-hydrogen) atoms. The molecule has 5 rings (SSSR count). The van der Waals surface area contributed by atoms with E-state index < -0.39 is 0 Å². The Morgan fingerprint density at radius 1 is 1.19 bits per heavy atom. The second-order valence-electron chi connectivity index (χ2n) is 9.17. The molecule has 0 bridgehead atoms. The minimum atomic E-state index is -0.0156. The van der Waals surface area contributed by atoms with E-state index in [2.05, 4.69) is 17.2 Å². The molecule has 1 aliphatic carbocycles. The van der Waals surface area contributed by atoms with E-state index in [0.29, 0.717) is 49.1 Å². The molecule has 1 saturated carbocycles. The van der Waals surface area contributed by atoms with Crippen molar-refractivity contribution in [3.05, 3.63) is 41.6 Å². The lowest BCUT2D eigenvalue weighted by Gasteiger charge is -2.19. The molecule has 3 heterocycles. The number of carbonyl (C=O) groups is 2. The number of ketones is 1. The lowest BCUT2D eigenvalue weighted by molar-refractivity contribution is -0.119. The SMILES string of the molecule is CCCCCCCC(=O)C[C@@H]1[C@H]2Oc3ccc(Oc4ccnc5c4CCC(=O)N5)cc3[C@@H]12. The van der Waals surface area contributed by atoms with Crippen molar-refractivity contribution in [3.8, 4) is 17.2 Å². The number of unbranched alkanes of at least 4 members (excludes halogenated alkanes) is 4. The van der Waals surface area contributed by atoms with Gasteiger partial charge in [0.1, 0.15) is 35.0 Å². The van der Waals surface area contributed by atoms with E-state index in [1.807, 2.05) is 24.3 Å². The van der Waals surface area contributed by atoms with Gasteiger partial charge in [-0.2, -0.15) is 0 Å². The molecule has 6 nitrogen and oxygen atoms in total. The van der Waals surface area contributed by atoms with Gasteiger partial charge >= 0.3 is 0 Å². The highest BCUT2D eigenvalue weighted by molar-refractivity contribution is 5.93. The largest absolute Gasteiger partial charge is 0.489 e. The molecule has 3 aliphatic rings. The van der Waals surface area contributed by atoms with Gasteiger partial charge in [0.25, 0.3) is 0 Å². The molecule has 6 heteroatoms. The summed E-state index contributed by atoms with van der Waals surface area (Å²) >= 11 is 0. The number of pyridine rings is 1. The van der Waals surface area contributed by atoms with Crippen molar-refractivity contribution in [3.63, 3.8) is 0 Å². The number of Topliss-reactive ketones (excluding diaryl/α,β-unsaturated/α-hetero) is 1. The summed E-state index contributed by atoms with van der Waals surface area (Å²) < 4.78 is 12.3. The standard InChI is InChI=1S/C26H30N2O4/c1-2-3-4-5-6-7-16(29)14-20-24-19-15-17(8-10-21(19)32-25(20)24)31-22-12-13-27-26-18(22)9-11-23(30)28-26/h8,10,12-13,15,20,24-25H,2-7,9,11,14H2,1H3,(H,27,28,30)/t20-,24-,25+/m0/s1. The number of nitrogens with zero attached hydrogens (tertiary/aromatic N) is 1. The van der Waals surface area contributed by atoms with Crippen LogP contribution in [0.15, 0.2) is 30.5 Å². The molecule has 0 unspecified atom stereocenters. The molecule has 1 amide bonds. The molecule has 1 N–H and O–H groups in total. The molecule has 3 atom stereocenters. The van der Waals surface area contributed by atoms with Crippen molar-refractivity contribution >= 4 is 17.5 Å². The number of amides is 1. The van der Waals surface area contributed by atoms with Crippen LogP contribution < -0.4 is 14.8 Å². The van der Waals surface area contributed by atoms with Crippen molar-refractivity contribution in [1.29, 1.82) is 0 Å². The predicted octanol–water partition coefficient (Wildman–Crippen LogP) is 5.55. The number of benzene rings is 1. The maximum absolute atomic E-state index is 12.4. The zero-order chi connectivity index (χ0) is 22.1. The first-order valence-corrected chi connectivity index (χ1v) is 11.9. The van der Waals surface area contributed by atoms with Crippen LogP contribution in [0.25, 0.3) is 0 Å². The molecule has 0 radical (unpaired) electrons. The van der Waals surface area contributed by atoms with Crippen molar-refractivity contribution in [2.45, 2.75) is 76.7 Å². The molecular weight excluding hydrogens is 404 g/mol. The van der Waals surface area contributed by atoms with Crippen molar-refractivity contribution in [1.82, 2.24) is 4.98 Å². The molecule has 0 saturated heterocycles. The highest BCUT2D eigenvalue weighted by atomic mass is 16.5. The number of ether oxygens (including phenoxy) is 2. The van der Waals surface area contributed by atoms with Gasteiger partial charge in [0.15, 0.2) is 0 Å². The lowest BCUT2D eigenvalue weighted by atomic mass is 10.0. The van der Waals surface area contributed by atoms with Crippen LogP contribution in [-0.4, -0.2) is 22.8 Å². The van der Waals surface area contributed by atoms with Crippen molar-refractivity contribution in [2.24, 2.45) is 5.92 Å². The Bertz CT molecular complexity index is 1030. The van der Waals surface area contributed by atoms with Crippen LogP contribution in [0.4, 0.5) is 5.82 Å². The molecule has 0 spiro atoms. The van der Waals surface area contributed by atoms with Crippen molar-refractivity contribution < 1.29 is 19.1 Å². The van der Waals surface area contributed by atoms with Crippen LogP contribution in [0.5, 0.6) is 17.2 Å². The van der Waals surface area contributed by atoms with E-state index in [4.69, 9.17) is 9.47 Å². The molecule has 1 aromatic carbocycles. The van der Waals surface area contributed by atoms with Crippen molar-refractivity contribution in [2.75, 3.05) is 5.32 Å². The Morgan fingerprint density at radius 3 is 2.94 bits per heavy atom. The second-order valence-corrected chi connectivity index (χ2v) is 9.17. The van der Waals surface area contributed by atoms with E-state index in [9.17, 15) is 9.59 Å². The van der Waals surface area contributed by atoms with E-state index in [-0.39, 0.29) is 12.0 Å². The third-order valence-electron chi connectivity index (χ3n) is 6.82. The van der Waals surface area contributed by atoms with Crippen LogP contribution in [0.2, 0.25) is 0 Å². The molecule has 1 fully saturated rings. The topological polar surface area (TPSA) is 77.5 Å². The Kier molecular flexibility index (Phi) is 5.85. The van der Waals surface area contributed by atoms with Crippen LogP contribution >= 0.6 is 0 Å². The Hall–Kier alpha value is -2.89. The normalized spacial score (nSPS) is 22.3. The summed E-state index contributed by atoms with van der Waals surface area (Å²) in [4.78, 5) is 28.3. The van der Waals surface area contributed by atoms with Crippen LogP contribution in [0.3, 0.4) is 0 Å². The fourth-order valence-electron chi connectivity index (χ4n) is 5.03.